The highest BCUT2D eigenvalue weighted by molar-refractivity contribution is 5.91. The second-order valence-corrected chi connectivity index (χ2v) is 5.28. The highest BCUT2D eigenvalue weighted by Crippen LogP contribution is 2.11. The van der Waals surface area contributed by atoms with Gasteiger partial charge in [0.1, 0.15) is 6.61 Å². The van der Waals surface area contributed by atoms with E-state index in [0.717, 1.165) is 12.8 Å². The predicted molar refractivity (Wildman–Crippen MR) is 85.1 cm³/mol. The summed E-state index contributed by atoms with van der Waals surface area (Å²) in [4.78, 5) is 11.9. The quantitative estimate of drug-likeness (QED) is 0.608. The third-order valence-corrected chi connectivity index (χ3v) is 3.15. The van der Waals surface area contributed by atoms with Gasteiger partial charge < -0.3 is 9.84 Å². The van der Waals surface area contributed by atoms with Crippen LogP contribution >= 0.6 is 0 Å². The summed E-state index contributed by atoms with van der Waals surface area (Å²) < 4.78 is 5.23. The van der Waals surface area contributed by atoms with E-state index in [-0.39, 0.29) is 13.2 Å². The second-order valence-electron chi connectivity index (χ2n) is 5.28. The number of aliphatic hydroxyl groups excluding tert-OH is 1. The van der Waals surface area contributed by atoms with E-state index in [4.69, 9.17) is 4.74 Å². The van der Waals surface area contributed by atoms with Gasteiger partial charge in [0.25, 0.3) is 0 Å². The topological polar surface area (TPSA) is 46.5 Å². The molecule has 1 rings (SSSR count). The van der Waals surface area contributed by atoms with Crippen LogP contribution in [-0.2, 0) is 11.3 Å². The van der Waals surface area contributed by atoms with Crippen LogP contribution in [-0.4, -0.2) is 17.7 Å². The fraction of sp³-hybridized carbons (Fsp3) is 0.389. The number of rotatable bonds is 7. The van der Waals surface area contributed by atoms with Crippen molar-refractivity contribution >= 4 is 5.97 Å². The lowest BCUT2D eigenvalue weighted by atomic mass is 10.1. The summed E-state index contributed by atoms with van der Waals surface area (Å²) in [5.74, 6) is -0.395. The van der Waals surface area contributed by atoms with E-state index in [2.05, 4.69) is 19.9 Å². The first-order valence-electron chi connectivity index (χ1n) is 7.19. The molecule has 3 nitrogen and oxygen atoms in total. The molecule has 114 valence electrons. The van der Waals surface area contributed by atoms with Gasteiger partial charge in [-0.1, -0.05) is 35.4 Å². The van der Waals surface area contributed by atoms with E-state index >= 15 is 0 Å². The Bertz CT molecular complexity index is 523. The van der Waals surface area contributed by atoms with Gasteiger partial charge in [-0.2, -0.15) is 0 Å². The van der Waals surface area contributed by atoms with Crippen LogP contribution in [0.2, 0.25) is 0 Å². The Morgan fingerprint density at radius 3 is 2.57 bits per heavy atom. The summed E-state index contributed by atoms with van der Waals surface area (Å²) in [6, 6.07) is 6.93. The Labute approximate surface area is 127 Å². The number of hydrogen-bond acceptors (Lipinski definition) is 3. The first kappa shape index (κ1) is 17.2. The fourth-order valence-electron chi connectivity index (χ4n) is 1.89. The summed E-state index contributed by atoms with van der Waals surface area (Å²) in [6.45, 7) is 6.30. The summed E-state index contributed by atoms with van der Waals surface area (Å²) in [7, 11) is 0. The second kappa shape index (κ2) is 9.14. The third-order valence-electron chi connectivity index (χ3n) is 3.15. The smallest absolute Gasteiger partial charge is 0.338 e. The molecule has 0 bridgehead atoms. The Kier molecular flexibility index (Phi) is 7.48. The summed E-state index contributed by atoms with van der Waals surface area (Å²) in [5.41, 5.74) is 3.54. The Hall–Kier alpha value is -1.87. The van der Waals surface area contributed by atoms with Crippen LogP contribution in [0.25, 0.3) is 0 Å². The molecule has 0 amide bonds. The molecule has 0 heterocycles. The number of esters is 1. The first-order valence-corrected chi connectivity index (χ1v) is 7.19. The van der Waals surface area contributed by atoms with E-state index in [0.29, 0.717) is 11.1 Å². The van der Waals surface area contributed by atoms with Gasteiger partial charge in [-0.05, 0) is 51.3 Å². The van der Waals surface area contributed by atoms with Crippen molar-refractivity contribution in [1.29, 1.82) is 0 Å². The molecule has 0 saturated heterocycles. The molecule has 0 aliphatic rings. The summed E-state index contributed by atoms with van der Waals surface area (Å²) in [6.07, 6.45) is 6.10. The van der Waals surface area contributed by atoms with Crippen LogP contribution in [0.5, 0.6) is 0 Å². The normalized spacial score (nSPS) is 11.1. The number of ether oxygens (including phenoxy) is 1. The number of carbonyl (C=O) groups excluding carboxylic acids is 1. The van der Waals surface area contributed by atoms with Crippen molar-refractivity contribution in [3.63, 3.8) is 0 Å². The van der Waals surface area contributed by atoms with Gasteiger partial charge in [0.15, 0.2) is 0 Å². The predicted octanol–water partition coefficient (Wildman–Crippen LogP) is 4.03. The molecule has 0 fully saturated rings. The van der Waals surface area contributed by atoms with Crippen molar-refractivity contribution in [2.24, 2.45) is 0 Å². The highest BCUT2D eigenvalue weighted by Gasteiger charge is 2.10. The average molecular weight is 288 g/mol. The molecule has 3 heteroatoms. The minimum absolute atomic E-state index is 0.164. The monoisotopic (exact) mass is 288 g/mol. The van der Waals surface area contributed by atoms with Crippen LogP contribution in [0.15, 0.2) is 47.6 Å². The van der Waals surface area contributed by atoms with E-state index in [9.17, 15) is 9.90 Å². The van der Waals surface area contributed by atoms with Gasteiger partial charge in [0, 0.05) is 0 Å². The lowest BCUT2D eigenvalue weighted by Gasteiger charge is -2.07. The van der Waals surface area contributed by atoms with Gasteiger partial charge in [0.05, 0.1) is 12.2 Å². The van der Waals surface area contributed by atoms with Crippen LogP contribution < -0.4 is 0 Å². The molecule has 0 radical (unpaired) electrons. The van der Waals surface area contributed by atoms with E-state index < -0.39 is 5.97 Å². The summed E-state index contributed by atoms with van der Waals surface area (Å²) in [5, 5.41) is 9.20. The van der Waals surface area contributed by atoms with Crippen molar-refractivity contribution in [3.05, 3.63) is 58.7 Å². The van der Waals surface area contributed by atoms with Crippen LogP contribution in [0, 0.1) is 0 Å². The van der Waals surface area contributed by atoms with E-state index in [1.807, 2.05) is 13.0 Å². The van der Waals surface area contributed by atoms with Gasteiger partial charge in [-0.25, -0.2) is 4.79 Å². The van der Waals surface area contributed by atoms with E-state index in [1.165, 1.54) is 11.1 Å². The standard InChI is InChI=1S/C18H24O3/c1-14(2)7-6-8-15(3)11-12-21-18(20)17-10-5-4-9-16(17)13-19/h4-5,7,9-11,19H,6,8,12-13H2,1-3H3/b15-11+. The summed E-state index contributed by atoms with van der Waals surface area (Å²) >= 11 is 0. The molecule has 0 unspecified atom stereocenters. The molecule has 0 saturated carbocycles. The average Bonchev–Trinajstić information content (AvgIpc) is 2.46. The lowest BCUT2D eigenvalue weighted by molar-refractivity contribution is 0.0545. The SMILES string of the molecule is CC(C)=CCC/C(C)=C/COC(=O)c1ccccc1CO. The van der Waals surface area contributed by atoms with Crippen molar-refractivity contribution < 1.29 is 14.6 Å². The largest absolute Gasteiger partial charge is 0.458 e. The van der Waals surface area contributed by atoms with Gasteiger partial charge in [-0.3, -0.25) is 0 Å². The molecule has 0 spiro atoms. The molecule has 0 aliphatic carbocycles. The zero-order valence-corrected chi connectivity index (χ0v) is 13.1. The van der Waals surface area contributed by atoms with E-state index in [1.54, 1.807) is 24.3 Å². The van der Waals surface area contributed by atoms with Crippen molar-refractivity contribution in [2.45, 2.75) is 40.2 Å². The molecule has 1 aromatic rings. The van der Waals surface area contributed by atoms with Crippen molar-refractivity contribution in [2.75, 3.05) is 6.61 Å². The Morgan fingerprint density at radius 2 is 1.90 bits per heavy atom. The molecule has 21 heavy (non-hydrogen) atoms. The van der Waals surface area contributed by atoms with Gasteiger partial charge >= 0.3 is 5.97 Å². The van der Waals surface area contributed by atoms with Gasteiger partial charge in [-0.15, -0.1) is 0 Å². The minimum atomic E-state index is -0.395. The molecule has 0 aromatic heterocycles. The molecular formula is C18H24O3. The molecular weight excluding hydrogens is 264 g/mol. The molecule has 0 aliphatic heterocycles. The molecule has 1 N–H and O–H groups in total. The Balaban J connectivity index is 2.47. The van der Waals surface area contributed by atoms with Crippen molar-refractivity contribution in [1.82, 2.24) is 0 Å². The maximum Gasteiger partial charge on any atom is 0.338 e. The highest BCUT2D eigenvalue weighted by atomic mass is 16.5. The number of aliphatic hydroxyl groups is 1. The van der Waals surface area contributed by atoms with Crippen molar-refractivity contribution in [3.8, 4) is 0 Å². The Morgan fingerprint density at radius 1 is 1.19 bits per heavy atom. The number of benzene rings is 1. The lowest BCUT2D eigenvalue weighted by Crippen LogP contribution is -2.08. The first-order chi connectivity index (χ1) is 10.0. The number of carbonyl (C=O) groups is 1. The molecule has 0 atom stereocenters. The fourth-order valence-corrected chi connectivity index (χ4v) is 1.89. The van der Waals surface area contributed by atoms with Crippen LogP contribution in [0.4, 0.5) is 0 Å². The van der Waals surface area contributed by atoms with Crippen LogP contribution in [0.3, 0.4) is 0 Å². The maximum atomic E-state index is 11.9. The zero-order chi connectivity index (χ0) is 15.7. The van der Waals surface area contributed by atoms with Crippen LogP contribution in [0.1, 0.15) is 49.5 Å². The van der Waals surface area contributed by atoms with Gasteiger partial charge in [0.2, 0.25) is 0 Å². The number of allylic oxidation sites excluding steroid dienone is 3. The zero-order valence-electron chi connectivity index (χ0n) is 13.1. The minimum Gasteiger partial charge on any atom is -0.458 e. The number of hydrogen-bond donors (Lipinski definition) is 1. The molecule has 1 aromatic carbocycles. The maximum absolute atomic E-state index is 11.9. The third kappa shape index (κ3) is 6.41.